The van der Waals surface area contributed by atoms with Gasteiger partial charge in [-0.05, 0) is 12.0 Å². The summed E-state index contributed by atoms with van der Waals surface area (Å²) in [7, 11) is 3.40. The molecular weight excluding hydrogens is 256 g/mol. The van der Waals surface area contributed by atoms with E-state index in [1.165, 1.54) is 15.7 Å². The van der Waals surface area contributed by atoms with Crippen LogP contribution in [0.15, 0.2) is 11.6 Å². The molecule has 1 unspecified atom stereocenters. The zero-order chi connectivity index (χ0) is 13.1. The van der Waals surface area contributed by atoms with E-state index in [0.717, 1.165) is 0 Å². The molecule has 0 amide bonds. The number of ether oxygens (including phenoxy) is 1. The molecule has 0 bridgehead atoms. The average molecular weight is 270 g/mol. The van der Waals surface area contributed by atoms with Crippen LogP contribution in [0.4, 0.5) is 5.82 Å². The van der Waals surface area contributed by atoms with E-state index in [1.807, 2.05) is 0 Å². The van der Waals surface area contributed by atoms with Crippen LogP contribution in [0.5, 0.6) is 0 Å². The molecule has 2 heterocycles. The van der Waals surface area contributed by atoms with Crippen LogP contribution in [-0.4, -0.2) is 41.1 Å². The van der Waals surface area contributed by atoms with Gasteiger partial charge in [-0.1, -0.05) is 11.3 Å². The van der Waals surface area contributed by atoms with Gasteiger partial charge < -0.3 is 20.2 Å². The Labute approximate surface area is 108 Å². The number of nitrogens with zero attached hydrogens (tertiary/aromatic N) is 3. The summed E-state index contributed by atoms with van der Waals surface area (Å²) < 4.78 is 6.57. The summed E-state index contributed by atoms with van der Waals surface area (Å²) in [6, 6.07) is 0.0123. The first-order valence-electron chi connectivity index (χ1n) is 5.42. The van der Waals surface area contributed by atoms with Crippen LogP contribution in [0.25, 0.3) is 4.96 Å². The highest BCUT2D eigenvalue weighted by molar-refractivity contribution is 7.15. The van der Waals surface area contributed by atoms with E-state index in [2.05, 4.69) is 10.3 Å². The van der Waals surface area contributed by atoms with Gasteiger partial charge in [0, 0.05) is 25.0 Å². The Morgan fingerprint density at radius 2 is 2.50 bits per heavy atom. The number of hydrogen-bond acceptors (Lipinski definition) is 6. The van der Waals surface area contributed by atoms with Crippen molar-refractivity contribution in [3.63, 3.8) is 0 Å². The molecule has 0 saturated carbocycles. The lowest BCUT2D eigenvalue weighted by Gasteiger charge is -2.12. The lowest BCUT2D eigenvalue weighted by Crippen LogP contribution is -2.32. The number of hydrogen-bond donors (Lipinski definition) is 1. The SMILES string of the molecule is CNC(COC)Cc1nc2sccn2c1[N+](=O)[O-]. The lowest BCUT2D eigenvalue weighted by atomic mass is 10.1. The molecule has 98 valence electrons. The van der Waals surface area contributed by atoms with E-state index in [-0.39, 0.29) is 16.8 Å². The number of aromatic nitrogens is 2. The molecule has 0 aliphatic carbocycles. The molecule has 18 heavy (non-hydrogen) atoms. The van der Waals surface area contributed by atoms with Crippen molar-refractivity contribution in [2.45, 2.75) is 12.5 Å². The van der Waals surface area contributed by atoms with Crippen LogP contribution in [0.1, 0.15) is 5.69 Å². The number of nitrogens with one attached hydrogen (secondary N) is 1. The van der Waals surface area contributed by atoms with Crippen molar-refractivity contribution in [3.8, 4) is 0 Å². The normalized spacial score (nSPS) is 13.0. The number of nitro groups is 1. The Kier molecular flexibility index (Phi) is 3.90. The Hall–Kier alpha value is -1.51. The highest BCUT2D eigenvalue weighted by atomic mass is 32.1. The molecule has 1 N–H and O–H groups in total. The number of rotatable bonds is 6. The second-order valence-electron chi connectivity index (χ2n) is 3.84. The van der Waals surface area contributed by atoms with Gasteiger partial charge in [0.2, 0.25) is 0 Å². The van der Waals surface area contributed by atoms with Crippen molar-refractivity contribution in [1.82, 2.24) is 14.7 Å². The summed E-state index contributed by atoms with van der Waals surface area (Å²) in [5, 5.41) is 16.0. The smallest absolute Gasteiger partial charge is 0.351 e. The van der Waals surface area contributed by atoms with Crippen molar-refractivity contribution in [2.75, 3.05) is 20.8 Å². The van der Waals surface area contributed by atoms with E-state index in [4.69, 9.17) is 4.74 Å². The second kappa shape index (κ2) is 5.42. The van der Waals surface area contributed by atoms with E-state index in [1.54, 1.807) is 25.7 Å². The molecular formula is C10H14N4O3S. The van der Waals surface area contributed by atoms with Crippen molar-refractivity contribution in [1.29, 1.82) is 0 Å². The molecule has 8 heteroatoms. The summed E-state index contributed by atoms with van der Waals surface area (Å²) in [5.74, 6) is 0.0441. The molecule has 0 aliphatic heterocycles. The lowest BCUT2D eigenvalue weighted by molar-refractivity contribution is -0.391. The topological polar surface area (TPSA) is 81.7 Å². The Bertz CT molecular complexity index is 550. The maximum atomic E-state index is 11.1. The van der Waals surface area contributed by atoms with Crippen molar-refractivity contribution in [2.24, 2.45) is 0 Å². The zero-order valence-electron chi connectivity index (χ0n) is 10.1. The van der Waals surface area contributed by atoms with Gasteiger partial charge in [-0.15, -0.1) is 0 Å². The number of imidazole rings is 1. The fourth-order valence-corrected chi connectivity index (χ4v) is 2.56. The highest BCUT2D eigenvalue weighted by Crippen LogP contribution is 2.24. The molecule has 0 spiro atoms. The molecule has 1 atom stereocenters. The van der Waals surface area contributed by atoms with Crippen molar-refractivity contribution >= 4 is 22.1 Å². The molecule has 0 saturated heterocycles. The largest absolute Gasteiger partial charge is 0.383 e. The third-order valence-electron chi connectivity index (χ3n) is 2.70. The average Bonchev–Trinajstić information content (AvgIpc) is 2.87. The van der Waals surface area contributed by atoms with E-state index in [9.17, 15) is 10.1 Å². The van der Waals surface area contributed by atoms with Crippen LogP contribution in [0.2, 0.25) is 0 Å². The van der Waals surface area contributed by atoms with E-state index < -0.39 is 0 Å². The van der Waals surface area contributed by atoms with Gasteiger partial charge >= 0.3 is 5.82 Å². The van der Waals surface area contributed by atoms with Crippen LogP contribution in [0.3, 0.4) is 0 Å². The molecule has 0 aromatic carbocycles. The second-order valence-corrected chi connectivity index (χ2v) is 4.71. The first-order valence-corrected chi connectivity index (χ1v) is 6.30. The third-order valence-corrected chi connectivity index (χ3v) is 3.45. The van der Waals surface area contributed by atoms with Gasteiger partial charge in [-0.3, -0.25) is 0 Å². The highest BCUT2D eigenvalue weighted by Gasteiger charge is 2.25. The van der Waals surface area contributed by atoms with E-state index >= 15 is 0 Å². The summed E-state index contributed by atoms with van der Waals surface area (Å²) in [6.45, 7) is 0.485. The van der Waals surface area contributed by atoms with Gasteiger partial charge in [-0.2, -0.15) is 9.38 Å². The van der Waals surface area contributed by atoms with Gasteiger partial charge in [-0.25, -0.2) is 0 Å². The maximum Gasteiger partial charge on any atom is 0.351 e. The predicted molar refractivity (Wildman–Crippen MR) is 68.2 cm³/mol. The molecule has 2 aromatic rings. The number of fused-ring (bicyclic) bond motifs is 1. The Morgan fingerprint density at radius 1 is 1.72 bits per heavy atom. The minimum absolute atomic E-state index is 0.0123. The summed E-state index contributed by atoms with van der Waals surface area (Å²) in [4.78, 5) is 15.7. The third kappa shape index (κ3) is 2.35. The van der Waals surface area contributed by atoms with Gasteiger partial charge in [0.15, 0.2) is 0 Å². The van der Waals surface area contributed by atoms with Crippen molar-refractivity contribution < 1.29 is 9.66 Å². The molecule has 2 aromatic heterocycles. The summed E-state index contributed by atoms with van der Waals surface area (Å²) >= 11 is 1.38. The fourth-order valence-electron chi connectivity index (χ4n) is 1.83. The fraction of sp³-hybridized carbons (Fsp3) is 0.500. The first-order chi connectivity index (χ1) is 8.67. The summed E-state index contributed by atoms with van der Waals surface area (Å²) in [6.07, 6.45) is 2.13. The van der Waals surface area contributed by atoms with Crippen LogP contribution in [-0.2, 0) is 11.2 Å². The molecule has 7 nitrogen and oxygen atoms in total. The van der Waals surface area contributed by atoms with Crippen LogP contribution >= 0.6 is 11.3 Å². The summed E-state index contributed by atoms with van der Waals surface area (Å²) in [5.41, 5.74) is 0.489. The minimum Gasteiger partial charge on any atom is -0.383 e. The minimum atomic E-state index is -0.387. The quantitative estimate of drug-likeness (QED) is 0.627. The maximum absolute atomic E-state index is 11.1. The zero-order valence-corrected chi connectivity index (χ0v) is 10.9. The molecule has 2 rings (SSSR count). The van der Waals surface area contributed by atoms with Crippen molar-refractivity contribution in [3.05, 3.63) is 27.4 Å². The molecule has 0 aliphatic rings. The number of thiazole rings is 1. The van der Waals surface area contributed by atoms with Crippen LogP contribution < -0.4 is 5.32 Å². The predicted octanol–water partition coefficient (Wildman–Crippen LogP) is 1.08. The van der Waals surface area contributed by atoms with E-state index in [0.29, 0.717) is 23.7 Å². The van der Waals surface area contributed by atoms with Gasteiger partial charge in [0.05, 0.1) is 6.61 Å². The standard InChI is InChI=1S/C10H14N4O3S/c1-11-7(6-17-2)5-8-9(14(15)16)13-3-4-18-10(13)12-8/h3-4,7,11H,5-6H2,1-2H3. The monoisotopic (exact) mass is 270 g/mol. The molecule has 0 fully saturated rings. The van der Waals surface area contributed by atoms with Gasteiger partial charge in [0.25, 0.3) is 4.96 Å². The Balaban J connectivity index is 2.34. The Morgan fingerprint density at radius 3 is 3.11 bits per heavy atom. The number of methoxy groups -OCH3 is 1. The first kappa shape index (κ1) is 12.9. The number of likely N-dealkylation sites (N-methyl/N-ethyl adjacent to an activating group) is 1. The van der Waals surface area contributed by atoms with Gasteiger partial charge in [0.1, 0.15) is 11.9 Å². The van der Waals surface area contributed by atoms with Crippen LogP contribution in [0, 0.1) is 10.1 Å². The molecule has 0 radical (unpaired) electrons.